The van der Waals surface area contributed by atoms with Crippen LogP contribution in [0.3, 0.4) is 0 Å². The summed E-state index contributed by atoms with van der Waals surface area (Å²) in [6, 6.07) is 22.3. The molecule has 0 aliphatic heterocycles. The van der Waals surface area contributed by atoms with Gasteiger partial charge < -0.3 is 0 Å². The van der Waals surface area contributed by atoms with Crippen LogP contribution < -0.4 is 0 Å². The van der Waals surface area contributed by atoms with Crippen molar-refractivity contribution in [1.29, 1.82) is 0 Å². The molecule has 0 spiro atoms. The fourth-order valence-electron chi connectivity index (χ4n) is 4.76. The van der Waals surface area contributed by atoms with E-state index >= 15 is 0 Å². The van der Waals surface area contributed by atoms with Crippen LogP contribution in [0, 0.1) is 0 Å². The number of hydrogen-bond acceptors (Lipinski definition) is 0. The molecule has 2 aromatic carbocycles. The van der Waals surface area contributed by atoms with Gasteiger partial charge in [0.15, 0.2) is 0 Å². The van der Waals surface area contributed by atoms with Crippen LogP contribution in [0.25, 0.3) is 0 Å². The average Bonchev–Trinajstić information content (AvgIpc) is 2.76. The zero-order chi connectivity index (χ0) is 21.0. The summed E-state index contributed by atoms with van der Waals surface area (Å²) in [4.78, 5) is 0. The second-order valence-electron chi connectivity index (χ2n) is 9.62. The van der Waals surface area contributed by atoms with Crippen LogP contribution in [0.2, 0.25) is 0 Å². The third-order valence-electron chi connectivity index (χ3n) is 7.32. The summed E-state index contributed by atoms with van der Waals surface area (Å²) in [5, 5.41) is 0. The van der Waals surface area contributed by atoms with Gasteiger partial charge in [0.2, 0.25) is 0 Å². The standard InChI is InChI=1S/C29H44/c1-5-6-7-8-9-10-11-12-13-20-25-29(4,27-23-18-15-19-24-27)28(2,3)26-21-16-14-17-22-26/h14-19,21-24H,5-13,20,25H2,1-4H3. The van der Waals surface area contributed by atoms with E-state index < -0.39 is 0 Å². The van der Waals surface area contributed by atoms with Gasteiger partial charge in [0, 0.05) is 5.41 Å². The normalized spacial score (nSPS) is 13.9. The van der Waals surface area contributed by atoms with E-state index in [4.69, 9.17) is 0 Å². The summed E-state index contributed by atoms with van der Waals surface area (Å²) in [5.74, 6) is 0. The molecule has 0 heterocycles. The molecular weight excluding hydrogens is 348 g/mol. The smallest absolute Gasteiger partial charge is 0.00162 e. The van der Waals surface area contributed by atoms with Gasteiger partial charge in [0.05, 0.1) is 0 Å². The molecule has 0 aliphatic carbocycles. The van der Waals surface area contributed by atoms with Crippen molar-refractivity contribution >= 4 is 0 Å². The highest BCUT2D eigenvalue weighted by molar-refractivity contribution is 5.36. The summed E-state index contributed by atoms with van der Waals surface area (Å²) in [6.07, 6.45) is 15.2. The highest BCUT2D eigenvalue weighted by Gasteiger charge is 2.42. The van der Waals surface area contributed by atoms with Gasteiger partial charge in [0.25, 0.3) is 0 Å². The Labute approximate surface area is 181 Å². The van der Waals surface area contributed by atoms with Crippen molar-refractivity contribution in [3.63, 3.8) is 0 Å². The number of unbranched alkanes of at least 4 members (excludes halogenated alkanes) is 9. The van der Waals surface area contributed by atoms with Gasteiger partial charge in [-0.1, -0.05) is 153 Å². The highest BCUT2D eigenvalue weighted by Crippen LogP contribution is 2.47. The van der Waals surface area contributed by atoms with Crippen LogP contribution in [-0.2, 0) is 10.8 Å². The topological polar surface area (TPSA) is 0 Å². The minimum absolute atomic E-state index is 0.0922. The van der Waals surface area contributed by atoms with E-state index in [-0.39, 0.29) is 10.8 Å². The molecule has 0 N–H and O–H groups in total. The van der Waals surface area contributed by atoms with Crippen LogP contribution in [-0.4, -0.2) is 0 Å². The molecule has 0 heteroatoms. The Bertz CT molecular complexity index is 655. The van der Waals surface area contributed by atoms with Crippen molar-refractivity contribution in [3.05, 3.63) is 71.8 Å². The Kier molecular flexibility index (Phi) is 9.98. The van der Waals surface area contributed by atoms with Crippen LogP contribution >= 0.6 is 0 Å². The highest BCUT2D eigenvalue weighted by atomic mass is 14.5. The van der Waals surface area contributed by atoms with Gasteiger partial charge >= 0.3 is 0 Å². The first-order valence-corrected chi connectivity index (χ1v) is 12.1. The molecule has 0 amide bonds. The number of benzene rings is 2. The van der Waals surface area contributed by atoms with Crippen LogP contribution in [0.1, 0.15) is 109 Å². The molecular formula is C29H44. The molecule has 0 aromatic heterocycles. The quantitative estimate of drug-likeness (QED) is 0.281. The second-order valence-corrected chi connectivity index (χ2v) is 9.62. The molecule has 0 radical (unpaired) electrons. The Hall–Kier alpha value is -1.56. The molecule has 0 saturated heterocycles. The Morgan fingerprint density at radius 1 is 0.517 bits per heavy atom. The minimum atomic E-state index is 0.0922. The first-order chi connectivity index (χ1) is 14.0. The van der Waals surface area contributed by atoms with Crippen LogP contribution in [0.15, 0.2) is 60.7 Å². The van der Waals surface area contributed by atoms with Gasteiger partial charge in [-0.15, -0.1) is 0 Å². The lowest BCUT2D eigenvalue weighted by Crippen LogP contribution is -2.43. The molecule has 2 rings (SSSR count). The van der Waals surface area contributed by atoms with Crippen molar-refractivity contribution < 1.29 is 0 Å². The molecule has 160 valence electrons. The molecule has 0 nitrogen and oxygen atoms in total. The molecule has 1 atom stereocenters. The Balaban J connectivity index is 1.93. The molecule has 0 bridgehead atoms. The summed E-state index contributed by atoms with van der Waals surface area (Å²) in [7, 11) is 0. The first-order valence-electron chi connectivity index (χ1n) is 12.1. The second kappa shape index (κ2) is 12.2. The fraction of sp³-hybridized carbons (Fsp3) is 0.586. The van der Waals surface area contributed by atoms with Crippen LogP contribution in [0.5, 0.6) is 0 Å². The van der Waals surface area contributed by atoms with Crippen LogP contribution in [0.4, 0.5) is 0 Å². The number of rotatable bonds is 14. The van der Waals surface area contributed by atoms with Crippen molar-refractivity contribution in [2.45, 2.75) is 109 Å². The van der Waals surface area contributed by atoms with Gasteiger partial charge in [-0.25, -0.2) is 0 Å². The lowest BCUT2D eigenvalue weighted by Gasteiger charge is -2.46. The predicted octanol–water partition coefficient (Wildman–Crippen LogP) is 9.23. The Morgan fingerprint density at radius 2 is 0.931 bits per heavy atom. The van der Waals surface area contributed by atoms with Crippen molar-refractivity contribution in [3.8, 4) is 0 Å². The van der Waals surface area contributed by atoms with Crippen molar-refractivity contribution in [2.75, 3.05) is 0 Å². The van der Waals surface area contributed by atoms with E-state index in [2.05, 4.69) is 88.4 Å². The Morgan fingerprint density at radius 3 is 1.41 bits per heavy atom. The average molecular weight is 393 g/mol. The lowest BCUT2D eigenvalue weighted by atomic mass is 9.58. The predicted molar refractivity (Wildman–Crippen MR) is 130 cm³/mol. The lowest BCUT2D eigenvalue weighted by molar-refractivity contribution is 0.248. The number of hydrogen-bond donors (Lipinski definition) is 0. The van der Waals surface area contributed by atoms with E-state index in [1.807, 2.05) is 0 Å². The van der Waals surface area contributed by atoms with E-state index in [0.717, 1.165) is 0 Å². The fourth-order valence-corrected chi connectivity index (χ4v) is 4.76. The summed E-state index contributed by atoms with van der Waals surface area (Å²) >= 11 is 0. The maximum absolute atomic E-state index is 2.49. The maximum atomic E-state index is 2.49. The largest absolute Gasteiger partial charge is 0.0654 e. The molecule has 0 saturated carbocycles. The third-order valence-corrected chi connectivity index (χ3v) is 7.32. The zero-order valence-corrected chi connectivity index (χ0v) is 19.6. The molecule has 29 heavy (non-hydrogen) atoms. The monoisotopic (exact) mass is 392 g/mol. The molecule has 0 aliphatic rings. The summed E-state index contributed by atoms with van der Waals surface area (Å²) < 4.78 is 0. The molecule has 1 unspecified atom stereocenters. The van der Waals surface area contributed by atoms with E-state index in [1.165, 1.54) is 81.8 Å². The minimum Gasteiger partial charge on any atom is -0.0654 e. The van der Waals surface area contributed by atoms with E-state index in [0.29, 0.717) is 0 Å². The van der Waals surface area contributed by atoms with Gasteiger partial charge in [-0.2, -0.15) is 0 Å². The molecule has 0 fully saturated rings. The molecule has 2 aromatic rings. The van der Waals surface area contributed by atoms with Gasteiger partial charge in [-0.05, 0) is 23.0 Å². The van der Waals surface area contributed by atoms with Gasteiger partial charge in [0.1, 0.15) is 0 Å². The zero-order valence-electron chi connectivity index (χ0n) is 19.6. The third kappa shape index (κ3) is 6.73. The van der Waals surface area contributed by atoms with E-state index in [1.54, 1.807) is 0 Å². The van der Waals surface area contributed by atoms with Gasteiger partial charge in [-0.3, -0.25) is 0 Å². The van der Waals surface area contributed by atoms with E-state index in [9.17, 15) is 0 Å². The maximum Gasteiger partial charge on any atom is 0.00162 e. The summed E-state index contributed by atoms with van der Waals surface area (Å²) in [6.45, 7) is 9.66. The van der Waals surface area contributed by atoms with Crippen molar-refractivity contribution in [1.82, 2.24) is 0 Å². The SMILES string of the molecule is CCCCCCCCCCCCC(C)(c1ccccc1)C(C)(C)c1ccccc1. The van der Waals surface area contributed by atoms with Crippen molar-refractivity contribution in [2.24, 2.45) is 0 Å². The first kappa shape index (κ1) is 23.7. The summed E-state index contributed by atoms with van der Waals surface area (Å²) in [5.41, 5.74) is 3.15.